The fourth-order valence-corrected chi connectivity index (χ4v) is 2.89. The number of benzene rings is 1. The zero-order chi connectivity index (χ0) is 9.68. The monoisotopic (exact) mass is 235 g/mol. The summed E-state index contributed by atoms with van der Waals surface area (Å²) >= 11 is 6.90. The summed E-state index contributed by atoms with van der Waals surface area (Å²) in [6.07, 6.45) is 0. The van der Waals surface area contributed by atoms with Crippen LogP contribution in [0.3, 0.4) is 0 Å². The molecule has 0 fully saturated rings. The van der Waals surface area contributed by atoms with Gasteiger partial charge >= 0.3 is 7.23 Å². The highest BCUT2D eigenvalue weighted by atomic mass is 35.5. The van der Waals surface area contributed by atoms with Gasteiger partial charge in [-0.05, 0) is 35.8 Å². The van der Waals surface area contributed by atoms with Crippen molar-refractivity contribution < 1.29 is 9.09 Å². The summed E-state index contributed by atoms with van der Waals surface area (Å²) in [6.45, 7) is 2.28. The molecule has 0 bridgehead atoms. The Balaban J connectivity index is 2.54. The van der Waals surface area contributed by atoms with Crippen LogP contribution in [0.5, 0.6) is 0 Å². The molecule has 1 atom stereocenters. The minimum Gasteiger partial charge on any atom is -0.136 e. The van der Waals surface area contributed by atoms with Crippen LogP contribution in [-0.2, 0) is 9.09 Å². The highest BCUT2D eigenvalue weighted by molar-refractivity contribution is 8.50. The number of rotatable bonds is 4. The van der Waals surface area contributed by atoms with Crippen molar-refractivity contribution in [3.8, 4) is 0 Å². The smallest absolute Gasteiger partial charge is 0.136 e. The van der Waals surface area contributed by atoms with Crippen LogP contribution in [0.1, 0.15) is 6.92 Å². The van der Waals surface area contributed by atoms with Gasteiger partial charge in [0.2, 0.25) is 0 Å². The van der Waals surface area contributed by atoms with E-state index in [1.807, 2.05) is 19.1 Å². The average molecular weight is 236 g/mol. The van der Waals surface area contributed by atoms with Crippen molar-refractivity contribution >= 4 is 30.2 Å². The first kappa shape index (κ1) is 11.0. The Bertz CT molecular complexity index is 289. The molecule has 0 saturated carbocycles. The van der Waals surface area contributed by atoms with Crippen molar-refractivity contribution in [3.63, 3.8) is 0 Å². The van der Waals surface area contributed by atoms with Crippen molar-refractivity contribution in [3.05, 3.63) is 29.3 Å². The van der Waals surface area contributed by atoms with Crippen LogP contribution in [0.4, 0.5) is 0 Å². The second-order valence-corrected chi connectivity index (χ2v) is 5.42. The molecule has 0 spiro atoms. The maximum atomic E-state index is 11.2. The Morgan fingerprint density at radius 1 is 1.46 bits per heavy atom. The van der Waals surface area contributed by atoms with Gasteiger partial charge in [0.1, 0.15) is 6.61 Å². The van der Waals surface area contributed by atoms with Crippen LogP contribution in [-0.4, -0.2) is 6.61 Å². The first-order valence-electron chi connectivity index (χ1n) is 3.76. The highest BCUT2D eigenvalue weighted by Crippen LogP contribution is 2.44. The summed E-state index contributed by atoms with van der Waals surface area (Å²) < 4.78 is 16.1. The molecule has 0 aliphatic carbocycles. The molecular formula is C8H9ClO2PS+. The van der Waals surface area contributed by atoms with Gasteiger partial charge in [-0.2, -0.15) is 0 Å². The van der Waals surface area contributed by atoms with E-state index in [9.17, 15) is 4.57 Å². The minimum absolute atomic E-state index is 0.468. The van der Waals surface area contributed by atoms with Crippen LogP contribution in [0.25, 0.3) is 0 Å². The summed E-state index contributed by atoms with van der Waals surface area (Å²) in [7, 11) is -1.64. The van der Waals surface area contributed by atoms with Crippen LogP contribution in [0.15, 0.2) is 29.2 Å². The van der Waals surface area contributed by atoms with Gasteiger partial charge in [-0.15, -0.1) is 4.52 Å². The van der Waals surface area contributed by atoms with Gasteiger partial charge in [0, 0.05) is 5.02 Å². The Morgan fingerprint density at radius 2 is 2.08 bits per heavy atom. The zero-order valence-electron chi connectivity index (χ0n) is 7.07. The van der Waals surface area contributed by atoms with E-state index < -0.39 is 7.23 Å². The van der Waals surface area contributed by atoms with Crippen molar-refractivity contribution in [2.24, 2.45) is 0 Å². The van der Waals surface area contributed by atoms with Gasteiger partial charge in [-0.25, -0.2) is 0 Å². The van der Waals surface area contributed by atoms with Gasteiger partial charge in [0.05, 0.1) is 4.90 Å². The molecule has 0 radical (unpaired) electrons. The predicted molar refractivity (Wildman–Crippen MR) is 56.5 cm³/mol. The molecule has 1 aromatic rings. The van der Waals surface area contributed by atoms with Crippen LogP contribution >= 0.6 is 30.2 Å². The van der Waals surface area contributed by atoms with E-state index in [4.69, 9.17) is 16.1 Å². The van der Waals surface area contributed by atoms with E-state index >= 15 is 0 Å². The molecule has 1 unspecified atom stereocenters. The summed E-state index contributed by atoms with van der Waals surface area (Å²) in [5.41, 5.74) is 0. The third kappa shape index (κ3) is 4.10. The van der Waals surface area contributed by atoms with E-state index in [0.717, 1.165) is 4.90 Å². The molecule has 0 aliphatic rings. The molecule has 1 rings (SSSR count). The van der Waals surface area contributed by atoms with Gasteiger partial charge in [-0.3, -0.25) is 0 Å². The Morgan fingerprint density at radius 3 is 2.62 bits per heavy atom. The standard InChI is InChI=1S/C8H9ClO2PS/c1-2-11-12(10)13-8-5-3-7(9)4-6-8/h3-6H,2H2,1H3/q+1. The Labute approximate surface area is 87.2 Å². The van der Waals surface area contributed by atoms with Crippen molar-refractivity contribution in [1.82, 2.24) is 0 Å². The number of hydrogen-bond donors (Lipinski definition) is 0. The van der Waals surface area contributed by atoms with Crippen molar-refractivity contribution in [1.29, 1.82) is 0 Å². The van der Waals surface area contributed by atoms with E-state index in [2.05, 4.69) is 0 Å². The fourth-order valence-electron chi connectivity index (χ4n) is 0.713. The van der Waals surface area contributed by atoms with Gasteiger partial charge in [0.25, 0.3) is 0 Å². The lowest BCUT2D eigenvalue weighted by molar-refractivity contribution is 0.361. The van der Waals surface area contributed by atoms with Crippen LogP contribution in [0, 0.1) is 0 Å². The highest BCUT2D eigenvalue weighted by Gasteiger charge is 2.19. The van der Waals surface area contributed by atoms with Gasteiger partial charge in [-0.1, -0.05) is 11.6 Å². The normalized spacial score (nSPS) is 11.4. The molecule has 0 heterocycles. The Hall–Kier alpha value is -0.0800. The SMILES string of the molecule is CCO[P+](=O)Sc1ccc(Cl)cc1. The lowest BCUT2D eigenvalue weighted by atomic mass is 10.4. The lowest BCUT2D eigenvalue weighted by Crippen LogP contribution is -1.74. The molecule has 0 aliphatic heterocycles. The topological polar surface area (TPSA) is 26.3 Å². The molecule has 0 saturated heterocycles. The molecule has 5 heteroatoms. The Kier molecular flexibility index (Phi) is 4.74. The first-order valence-corrected chi connectivity index (χ1v) is 6.74. The van der Waals surface area contributed by atoms with Crippen LogP contribution in [0.2, 0.25) is 5.02 Å². The second kappa shape index (κ2) is 5.61. The molecule has 70 valence electrons. The average Bonchev–Trinajstić information content (AvgIpc) is 2.09. The largest absolute Gasteiger partial charge is 0.590 e. The van der Waals surface area contributed by atoms with Crippen LogP contribution < -0.4 is 0 Å². The number of halogens is 1. The predicted octanol–water partition coefficient (Wildman–Crippen LogP) is 4.13. The van der Waals surface area contributed by atoms with Gasteiger partial charge < -0.3 is 0 Å². The lowest BCUT2D eigenvalue weighted by Gasteiger charge is -1.90. The summed E-state index contributed by atoms with van der Waals surface area (Å²) in [6, 6.07) is 7.16. The quantitative estimate of drug-likeness (QED) is 0.734. The van der Waals surface area contributed by atoms with Crippen molar-refractivity contribution in [2.45, 2.75) is 11.8 Å². The van der Waals surface area contributed by atoms with E-state index in [-0.39, 0.29) is 0 Å². The molecule has 1 aromatic carbocycles. The summed E-state index contributed by atoms with van der Waals surface area (Å²) in [5.74, 6) is 0. The summed E-state index contributed by atoms with van der Waals surface area (Å²) in [5, 5.41) is 0.677. The van der Waals surface area contributed by atoms with E-state index in [1.54, 1.807) is 12.1 Å². The first-order chi connectivity index (χ1) is 6.22. The molecule has 13 heavy (non-hydrogen) atoms. The summed E-state index contributed by atoms with van der Waals surface area (Å²) in [4.78, 5) is 0.902. The zero-order valence-corrected chi connectivity index (χ0v) is 9.53. The second-order valence-electron chi connectivity index (χ2n) is 2.19. The third-order valence-corrected chi connectivity index (χ3v) is 3.98. The van der Waals surface area contributed by atoms with E-state index in [1.165, 1.54) is 11.4 Å². The maximum Gasteiger partial charge on any atom is 0.590 e. The molecule has 0 amide bonds. The maximum absolute atomic E-state index is 11.2. The van der Waals surface area contributed by atoms with Gasteiger partial charge in [0.15, 0.2) is 11.4 Å². The third-order valence-electron chi connectivity index (χ3n) is 1.23. The molecule has 2 nitrogen and oxygen atoms in total. The molecule has 0 N–H and O–H groups in total. The number of hydrogen-bond acceptors (Lipinski definition) is 3. The van der Waals surface area contributed by atoms with E-state index in [0.29, 0.717) is 11.6 Å². The molecular weight excluding hydrogens is 227 g/mol. The molecule has 0 aromatic heterocycles. The fraction of sp³-hybridized carbons (Fsp3) is 0.250. The minimum atomic E-state index is -1.64. The van der Waals surface area contributed by atoms with Crippen molar-refractivity contribution in [2.75, 3.05) is 6.61 Å².